The molecule has 2 saturated carbocycles. The first kappa shape index (κ1) is 43.3. The highest BCUT2D eigenvalue weighted by molar-refractivity contribution is 5.72. The van der Waals surface area contributed by atoms with Crippen molar-refractivity contribution >= 4 is 11.9 Å². The van der Waals surface area contributed by atoms with Gasteiger partial charge in [0.05, 0.1) is 11.8 Å². The van der Waals surface area contributed by atoms with E-state index in [0.29, 0.717) is 13.2 Å². The van der Waals surface area contributed by atoms with E-state index in [2.05, 4.69) is 51.3 Å². The second-order valence-corrected chi connectivity index (χ2v) is 18.2. The van der Waals surface area contributed by atoms with Crippen LogP contribution in [0.25, 0.3) is 0 Å². The summed E-state index contributed by atoms with van der Waals surface area (Å²) in [5.41, 5.74) is 0. The van der Waals surface area contributed by atoms with Crippen molar-refractivity contribution in [2.45, 2.75) is 170 Å². The molecule has 50 heavy (non-hydrogen) atoms. The summed E-state index contributed by atoms with van der Waals surface area (Å²) in [5, 5.41) is 0. The Labute approximate surface area is 309 Å². The highest BCUT2D eigenvalue weighted by Gasteiger charge is 2.29. The van der Waals surface area contributed by atoms with E-state index < -0.39 is 0 Å². The number of hydrogen-bond donors (Lipinski definition) is 0. The number of carbonyl (C=O) groups excluding carboxylic acids is 2. The van der Waals surface area contributed by atoms with Gasteiger partial charge in [-0.05, 0) is 86.9 Å². The average Bonchev–Trinajstić information content (AvgIpc) is 3.09. The lowest BCUT2D eigenvalue weighted by molar-refractivity contribution is -0.151. The Morgan fingerprint density at radius 1 is 0.500 bits per heavy atom. The largest absolute Gasteiger partial charge is 0.464 e. The molecule has 6 nitrogen and oxygen atoms in total. The number of ether oxygens (including phenoxy) is 2. The highest BCUT2D eigenvalue weighted by Crippen LogP contribution is 2.34. The zero-order valence-corrected chi connectivity index (χ0v) is 33.9. The summed E-state index contributed by atoms with van der Waals surface area (Å²) in [5.74, 6) is 5.26. The normalized spacial score (nSPS) is 25.1. The molecule has 3 aliphatic rings. The van der Waals surface area contributed by atoms with Crippen LogP contribution in [0.5, 0.6) is 0 Å². The van der Waals surface area contributed by atoms with E-state index in [4.69, 9.17) is 9.47 Å². The quantitative estimate of drug-likeness (QED) is 0.0933. The average molecular weight is 703 g/mol. The third kappa shape index (κ3) is 18.6. The molecule has 2 aliphatic carbocycles. The summed E-state index contributed by atoms with van der Waals surface area (Å²) >= 11 is 0. The molecule has 6 heteroatoms. The molecule has 1 saturated heterocycles. The van der Waals surface area contributed by atoms with Crippen LogP contribution in [0.4, 0.5) is 0 Å². The number of nitrogens with zero attached hydrogens (tertiary/aromatic N) is 2. The zero-order chi connectivity index (χ0) is 36.1. The summed E-state index contributed by atoms with van der Waals surface area (Å²) in [6.45, 7) is 20.7. The predicted molar refractivity (Wildman–Crippen MR) is 209 cm³/mol. The van der Waals surface area contributed by atoms with Crippen molar-refractivity contribution in [3.8, 4) is 0 Å². The third-order valence-corrected chi connectivity index (χ3v) is 12.7. The van der Waals surface area contributed by atoms with E-state index in [1.807, 2.05) is 0 Å². The summed E-state index contributed by atoms with van der Waals surface area (Å²) in [7, 11) is 0. The highest BCUT2D eigenvalue weighted by atomic mass is 16.5. The van der Waals surface area contributed by atoms with Crippen molar-refractivity contribution in [3.63, 3.8) is 0 Å². The summed E-state index contributed by atoms with van der Waals surface area (Å²) in [4.78, 5) is 30.4. The summed E-state index contributed by atoms with van der Waals surface area (Å²) in [6.07, 6.45) is 25.1. The van der Waals surface area contributed by atoms with Gasteiger partial charge >= 0.3 is 11.9 Å². The van der Waals surface area contributed by atoms with Crippen LogP contribution in [0, 0.1) is 47.3 Å². The molecule has 1 heterocycles. The van der Waals surface area contributed by atoms with E-state index in [-0.39, 0.29) is 23.8 Å². The van der Waals surface area contributed by atoms with Gasteiger partial charge in [0.2, 0.25) is 0 Å². The lowest BCUT2D eigenvalue weighted by atomic mass is 9.79. The van der Waals surface area contributed by atoms with E-state index in [1.165, 1.54) is 103 Å². The molecule has 3 rings (SSSR count). The first-order valence-electron chi connectivity index (χ1n) is 21.9. The van der Waals surface area contributed by atoms with Gasteiger partial charge < -0.3 is 9.47 Å². The first-order valence-corrected chi connectivity index (χ1v) is 21.9. The molecule has 0 amide bonds. The summed E-state index contributed by atoms with van der Waals surface area (Å²) in [6, 6.07) is 0. The van der Waals surface area contributed by atoms with Gasteiger partial charge in [-0.3, -0.25) is 19.4 Å². The molecule has 0 aromatic rings. The van der Waals surface area contributed by atoms with Crippen molar-refractivity contribution in [2.24, 2.45) is 47.3 Å². The number of rotatable bonds is 24. The van der Waals surface area contributed by atoms with Gasteiger partial charge in [-0.2, -0.15) is 0 Å². The fourth-order valence-corrected chi connectivity index (χ4v) is 8.94. The fraction of sp³-hybridized carbons (Fsp3) is 0.955. The molecule has 0 aromatic heterocycles. The monoisotopic (exact) mass is 703 g/mol. The lowest BCUT2D eigenvalue weighted by Gasteiger charge is -2.34. The summed E-state index contributed by atoms with van der Waals surface area (Å²) < 4.78 is 11.5. The Kier molecular flexibility index (Phi) is 21.6. The van der Waals surface area contributed by atoms with Gasteiger partial charge in [-0.1, -0.05) is 119 Å². The Morgan fingerprint density at radius 2 is 0.840 bits per heavy atom. The van der Waals surface area contributed by atoms with Gasteiger partial charge in [-0.25, -0.2) is 0 Å². The van der Waals surface area contributed by atoms with E-state index in [9.17, 15) is 9.59 Å². The van der Waals surface area contributed by atoms with Gasteiger partial charge in [0, 0.05) is 39.3 Å². The van der Waals surface area contributed by atoms with Crippen molar-refractivity contribution in [3.05, 3.63) is 0 Å². The van der Waals surface area contributed by atoms with Crippen LogP contribution in [-0.2, 0) is 19.1 Å². The van der Waals surface area contributed by atoms with Crippen molar-refractivity contribution in [2.75, 3.05) is 52.5 Å². The van der Waals surface area contributed by atoms with Crippen LogP contribution in [0.3, 0.4) is 0 Å². The number of piperazine rings is 1. The van der Waals surface area contributed by atoms with Gasteiger partial charge in [0.1, 0.15) is 13.2 Å². The maximum absolute atomic E-state index is 12.8. The molecule has 0 aromatic carbocycles. The standard InChI is InChI=1S/C44H82N2O4/c1-35(2)11-7-13-37(5)15-9-17-39-19-23-41(24-20-39)43(47)49-33-31-45-27-29-46(30-28-45)32-34-50-44(48)42-25-21-40(22-26-42)18-10-16-38(6)14-8-12-36(3)4/h35-42H,7-34H2,1-6H3. The van der Waals surface area contributed by atoms with Crippen LogP contribution in [0.2, 0.25) is 0 Å². The van der Waals surface area contributed by atoms with E-state index >= 15 is 0 Å². The molecule has 0 radical (unpaired) electrons. The third-order valence-electron chi connectivity index (χ3n) is 12.7. The molecule has 2 unspecified atom stereocenters. The topological polar surface area (TPSA) is 59.1 Å². The number of hydrogen-bond acceptors (Lipinski definition) is 6. The first-order chi connectivity index (χ1) is 24.1. The molecule has 3 fully saturated rings. The minimum Gasteiger partial charge on any atom is -0.464 e. The molecule has 292 valence electrons. The van der Waals surface area contributed by atoms with Crippen LogP contribution in [0.15, 0.2) is 0 Å². The molecule has 0 N–H and O–H groups in total. The predicted octanol–water partition coefficient (Wildman–Crippen LogP) is 10.6. The van der Waals surface area contributed by atoms with Gasteiger partial charge in [-0.15, -0.1) is 0 Å². The molecule has 0 bridgehead atoms. The van der Waals surface area contributed by atoms with Crippen molar-refractivity contribution < 1.29 is 19.1 Å². The molecule has 0 spiro atoms. The van der Waals surface area contributed by atoms with Gasteiger partial charge in [0.15, 0.2) is 0 Å². The Morgan fingerprint density at radius 3 is 1.18 bits per heavy atom. The smallest absolute Gasteiger partial charge is 0.308 e. The second-order valence-electron chi connectivity index (χ2n) is 18.2. The van der Waals surface area contributed by atoms with E-state index in [1.54, 1.807) is 0 Å². The maximum atomic E-state index is 12.8. The SMILES string of the molecule is CC(C)CCCC(C)CCCC1CCC(C(=O)OCCN2CCN(CCOC(=O)C3CCC(CCCC(C)CCCC(C)C)CC3)CC2)CC1. The van der Waals surface area contributed by atoms with Crippen LogP contribution < -0.4 is 0 Å². The number of esters is 2. The lowest BCUT2D eigenvalue weighted by Crippen LogP contribution is -2.48. The Bertz CT molecular complexity index is 812. The Hall–Kier alpha value is -1.14. The maximum Gasteiger partial charge on any atom is 0.308 e. The fourth-order valence-electron chi connectivity index (χ4n) is 8.94. The van der Waals surface area contributed by atoms with E-state index in [0.717, 1.165) is 100 Å². The Balaban J connectivity index is 1.14. The number of carbonyl (C=O) groups is 2. The van der Waals surface area contributed by atoms with Crippen LogP contribution >= 0.6 is 0 Å². The molecule has 2 atom stereocenters. The van der Waals surface area contributed by atoms with Crippen molar-refractivity contribution in [1.82, 2.24) is 9.80 Å². The molecular formula is C44H82N2O4. The van der Waals surface area contributed by atoms with Crippen molar-refractivity contribution in [1.29, 1.82) is 0 Å². The van der Waals surface area contributed by atoms with Crippen LogP contribution in [-0.4, -0.2) is 74.2 Å². The second kappa shape index (κ2) is 25.0. The zero-order valence-electron chi connectivity index (χ0n) is 33.9. The molecule has 1 aliphatic heterocycles. The molecular weight excluding hydrogens is 620 g/mol. The van der Waals surface area contributed by atoms with Crippen LogP contribution in [0.1, 0.15) is 170 Å². The minimum atomic E-state index is 0.0358. The van der Waals surface area contributed by atoms with Gasteiger partial charge in [0.25, 0.3) is 0 Å². The minimum absolute atomic E-state index is 0.0358.